The summed E-state index contributed by atoms with van der Waals surface area (Å²) in [5.74, 6) is 0.0824. The number of likely N-dealkylation sites (tertiary alicyclic amines) is 1. The average Bonchev–Trinajstić information content (AvgIpc) is 2.86. The Morgan fingerprint density at radius 1 is 1.09 bits per heavy atom. The van der Waals surface area contributed by atoms with Crippen molar-refractivity contribution >= 4 is 23.0 Å². The number of nitrogens with one attached hydrogen (secondary N) is 2. The zero-order valence-corrected chi connectivity index (χ0v) is 21.1. The third-order valence-electron chi connectivity index (χ3n) is 5.32. The molecule has 1 saturated heterocycles. The topological polar surface area (TPSA) is 70.4 Å². The zero-order valence-electron chi connectivity index (χ0n) is 21.1. The number of carbonyl (C=O) groups excluding carboxylic acids is 1. The van der Waals surface area contributed by atoms with Gasteiger partial charge in [0.1, 0.15) is 0 Å². The second kappa shape index (κ2) is 16.8. The van der Waals surface area contributed by atoms with Crippen LogP contribution in [0.25, 0.3) is 0 Å². The number of aryl methyl sites for hydroxylation is 1. The van der Waals surface area contributed by atoms with Gasteiger partial charge in [-0.05, 0) is 74.7 Å². The van der Waals surface area contributed by atoms with Gasteiger partial charge in [0.2, 0.25) is 5.91 Å². The molecule has 0 bridgehead atoms. The zero-order chi connectivity index (χ0) is 24.5. The summed E-state index contributed by atoms with van der Waals surface area (Å²) in [4.78, 5) is 14.5. The van der Waals surface area contributed by atoms with Crippen molar-refractivity contribution < 1.29 is 4.79 Å². The lowest BCUT2D eigenvalue weighted by molar-refractivity contribution is -0.116. The van der Waals surface area contributed by atoms with Crippen LogP contribution in [-0.4, -0.2) is 30.4 Å². The van der Waals surface area contributed by atoms with E-state index in [1.165, 1.54) is 24.8 Å². The van der Waals surface area contributed by atoms with Crippen LogP contribution in [0, 0.1) is 6.92 Å². The van der Waals surface area contributed by atoms with E-state index in [2.05, 4.69) is 29.0 Å². The number of rotatable bonds is 8. The number of hydrogen-bond acceptors (Lipinski definition) is 4. The minimum absolute atomic E-state index is 0.0824. The van der Waals surface area contributed by atoms with Crippen molar-refractivity contribution in [3.05, 3.63) is 66.2 Å². The van der Waals surface area contributed by atoms with Crippen molar-refractivity contribution in [2.45, 2.75) is 66.3 Å². The number of carbonyl (C=O) groups is 1. The summed E-state index contributed by atoms with van der Waals surface area (Å²) in [6.45, 7) is 15.4. The first-order valence-corrected chi connectivity index (χ1v) is 12.3. The van der Waals surface area contributed by atoms with E-state index in [1.807, 2.05) is 69.3 Å². The monoisotopic (exact) mass is 452 g/mol. The third kappa shape index (κ3) is 11.6. The quantitative estimate of drug-likeness (QED) is 0.311. The first-order valence-electron chi connectivity index (χ1n) is 12.3. The van der Waals surface area contributed by atoms with Crippen molar-refractivity contribution in [1.29, 1.82) is 0 Å². The molecule has 0 atom stereocenters. The van der Waals surface area contributed by atoms with Gasteiger partial charge < -0.3 is 21.3 Å². The van der Waals surface area contributed by atoms with Crippen LogP contribution in [0.15, 0.2) is 55.1 Å². The third-order valence-corrected chi connectivity index (χ3v) is 5.32. The Balaban J connectivity index is 0.000000820. The maximum Gasteiger partial charge on any atom is 0.225 e. The molecule has 33 heavy (non-hydrogen) atoms. The lowest BCUT2D eigenvalue weighted by atomic mass is 10.1. The standard InChI is InChI=1S/C22H30N4O.C4H8.C2H6/c1-17-5-10-20(23)21(15-17)24-16-18-6-8-19(9-7-18)25-22(27)11-14-26-12-3-2-4-13-26;1-3-4-2;1-2/h5-10,15,24H,2-4,11-14,16,23H2,1H3,(H,25,27);3H,1,4H2,2H3;1-2H3. The molecule has 0 aromatic heterocycles. The fraction of sp³-hybridized carbons (Fsp3) is 0.464. The van der Waals surface area contributed by atoms with Gasteiger partial charge in [-0.3, -0.25) is 4.79 Å². The Labute approximate surface area is 201 Å². The van der Waals surface area contributed by atoms with Crippen LogP contribution >= 0.6 is 0 Å². The molecule has 1 heterocycles. The molecule has 182 valence electrons. The normalized spacial score (nSPS) is 13.0. The van der Waals surface area contributed by atoms with Gasteiger partial charge in [-0.15, -0.1) is 6.58 Å². The van der Waals surface area contributed by atoms with Gasteiger partial charge in [-0.1, -0.05) is 51.5 Å². The van der Waals surface area contributed by atoms with Crippen LogP contribution in [0.3, 0.4) is 0 Å². The summed E-state index contributed by atoms with van der Waals surface area (Å²) in [6, 6.07) is 13.9. The molecular formula is C28H44N4O. The van der Waals surface area contributed by atoms with Gasteiger partial charge in [0.15, 0.2) is 0 Å². The van der Waals surface area contributed by atoms with E-state index in [9.17, 15) is 4.79 Å². The lowest BCUT2D eigenvalue weighted by Gasteiger charge is -2.25. The van der Waals surface area contributed by atoms with Crippen molar-refractivity contribution in [2.24, 2.45) is 0 Å². The van der Waals surface area contributed by atoms with E-state index in [0.29, 0.717) is 13.0 Å². The van der Waals surface area contributed by atoms with E-state index in [4.69, 9.17) is 5.73 Å². The Morgan fingerprint density at radius 2 is 1.73 bits per heavy atom. The van der Waals surface area contributed by atoms with Crippen molar-refractivity contribution in [2.75, 3.05) is 36.0 Å². The van der Waals surface area contributed by atoms with Crippen LogP contribution in [0.2, 0.25) is 0 Å². The maximum absolute atomic E-state index is 12.2. The summed E-state index contributed by atoms with van der Waals surface area (Å²) in [7, 11) is 0. The molecule has 1 fully saturated rings. The Bertz CT molecular complexity index is 811. The van der Waals surface area contributed by atoms with Gasteiger partial charge in [0, 0.05) is 25.2 Å². The number of anilines is 3. The van der Waals surface area contributed by atoms with Crippen molar-refractivity contribution in [3.8, 4) is 0 Å². The fourth-order valence-electron chi connectivity index (χ4n) is 3.39. The summed E-state index contributed by atoms with van der Waals surface area (Å²) in [5.41, 5.74) is 10.9. The molecule has 1 aliphatic rings. The Morgan fingerprint density at radius 3 is 2.33 bits per heavy atom. The highest BCUT2D eigenvalue weighted by Crippen LogP contribution is 2.21. The molecule has 3 rings (SSSR count). The van der Waals surface area contributed by atoms with E-state index in [0.717, 1.165) is 48.7 Å². The molecule has 0 aliphatic carbocycles. The molecule has 0 spiro atoms. The van der Waals surface area contributed by atoms with E-state index >= 15 is 0 Å². The molecule has 5 nitrogen and oxygen atoms in total. The van der Waals surface area contributed by atoms with E-state index < -0.39 is 0 Å². The Hall–Kier alpha value is -2.79. The molecule has 0 unspecified atom stereocenters. The summed E-state index contributed by atoms with van der Waals surface area (Å²) in [5, 5.41) is 6.36. The van der Waals surface area contributed by atoms with Crippen LogP contribution in [0.4, 0.5) is 17.1 Å². The number of piperidine rings is 1. The number of hydrogen-bond donors (Lipinski definition) is 3. The summed E-state index contributed by atoms with van der Waals surface area (Å²) >= 11 is 0. The van der Waals surface area contributed by atoms with Gasteiger partial charge >= 0.3 is 0 Å². The number of benzene rings is 2. The minimum Gasteiger partial charge on any atom is -0.397 e. The van der Waals surface area contributed by atoms with Crippen molar-refractivity contribution in [3.63, 3.8) is 0 Å². The maximum atomic E-state index is 12.2. The van der Waals surface area contributed by atoms with Crippen LogP contribution < -0.4 is 16.4 Å². The molecule has 0 radical (unpaired) electrons. The smallest absolute Gasteiger partial charge is 0.225 e. The number of nitrogens with zero attached hydrogens (tertiary/aromatic N) is 1. The van der Waals surface area contributed by atoms with Crippen LogP contribution in [0.5, 0.6) is 0 Å². The number of nitrogens with two attached hydrogens (primary N) is 1. The van der Waals surface area contributed by atoms with Gasteiger partial charge in [0.25, 0.3) is 0 Å². The summed E-state index contributed by atoms with van der Waals surface area (Å²) in [6.07, 6.45) is 7.34. The van der Waals surface area contributed by atoms with Gasteiger partial charge in [-0.25, -0.2) is 0 Å². The first-order chi connectivity index (χ1) is 16.0. The molecule has 4 N–H and O–H groups in total. The SMILES string of the molecule is C=CCC.CC.Cc1ccc(N)c(NCc2ccc(NC(=O)CCN3CCCCC3)cc2)c1. The number of allylic oxidation sites excluding steroid dienone is 1. The van der Waals surface area contributed by atoms with Gasteiger partial charge in [0.05, 0.1) is 11.4 Å². The van der Waals surface area contributed by atoms with Crippen LogP contribution in [0.1, 0.15) is 64.0 Å². The predicted molar refractivity (Wildman–Crippen MR) is 145 cm³/mol. The predicted octanol–water partition coefficient (Wildman–Crippen LogP) is 6.61. The summed E-state index contributed by atoms with van der Waals surface area (Å²) < 4.78 is 0. The average molecular weight is 453 g/mol. The number of amides is 1. The molecule has 0 saturated carbocycles. The highest BCUT2D eigenvalue weighted by atomic mass is 16.1. The molecule has 1 amide bonds. The minimum atomic E-state index is 0.0824. The van der Waals surface area contributed by atoms with Crippen molar-refractivity contribution in [1.82, 2.24) is 4.90 Å². The largest absolute Gasteiger partial charge is 0.397 e. The molecule has 5 heteroatoms. The Kier molecular flexibility index (Phi) is 14.4. The molecular weight excluding hydrogens is 408 g/mol. The highest BCUT2D eigenvalue weighted by molar-refractivity contribution is 5.90. The van der Waals surface area contributed by atoms with E-state index in [-0.39, 0.29) is 5.91 Å². The van der Waals surface area contributed by atoms with E-state index in [1.54, 1.807) is 0 Å². The molecule has 1 aliphatic heterocycles. The van der Waals surface area contributed by atoms with Gasteiger partial charge in [-0.2, -0.15) is 0 Å². The highest BCUT2D eigenvalue weighted by Gasteiger charge is 2.11. The molecule has 2 aromatic rings. The second-order valence-electron chi connectivity index (χ2n) is 8.04. The fourth-order valence-corrected chi connectivity index (χ4v) is 3.39. The lowest BCUT2D eigenvalue weighted by Crippen LogP contribution is -2.32. The molecule has 2 aromatic carbocycles. The van der Waals surface area contributed by atoms with Crippen LogP contribution in [-0.2, 0) is 11.3 Å². The second-order valence-corrected chi connectivity index (χ2v) is 8.04. The first kappa shape index (κ1) is 28.2. The number of nitrogen functional groups attached to an aromatic ring is 1.